The monoisotopic (exact) mass is 466 g/mol. The summed E-state index contributed by atoms with van der Waals surface area (Å²) < 4.78 is 19.8. The fourth-order valence-corrected chi connectivity index (χ4v) is 5.18. The standard InChI is InChI=1S/C28H35FN2O3/c1-4-25(27(32)30-18(2)3)34-23-14-11-19-15-16-31(28(33)21-7-5-6-8-21)26(24(19)17-23)20-9-12-22(29)13-10-20/h9-14,17-18,21,25-26H,4-8,15-16H2,1-3H3,(H,30,32)/t25-,26-/m1/s1. The van der Waals surface area contributed by atoms with E-state index in [0.717, 1.165) is 48.8 Å². The number of benzene rings is 2. The van der Waals surface area contributed by atoms with Gasteiger partial charge in [-0.2, -0.15) is 0 Å². The van der Waals surface area contributed by atoms with E-state index in [9.17, 15) is 14.0 Å². The van der Waals surface area contributed by atoms with Crippen LogP contribution in [0, 0.1) is 11.7 Å². The van der Waals surface area contributed by atoms with E-state index in [1.807, 2.05) is 43.9 Å². The highest BCUT2D eigenvalue weighted by Gasteiger charge is 2.36. The van der Waals surface area contributed by atoms with Crippen LogP contribution in [0.2, 0.25) is 0 Å². The zero-order valence-corrected chi connectivity index (χ0v) is 20.4. The minimum atomic E-state index is -0.593. The fourth-order valence-electron chi connectivity index (χ4n) is 5.18. The van der Waals surface area contributed by atoms with Crippen molar-refractivity contribution in [2.45, 2.75) is 77.5 Å². The third-order valence-electron chi connectivity index (χ3n) is 6.89. The van der Waals surface area contributed by atoms with Crippen LogP contribution >= 0.6 is 0 Å². The van der Waals surface area contributed by atoms with Crippen LogP contribution in [0.15, 0.2) is 42.5 Å². The van der Waals surface area contributed by atoms with Crippen LogP contribution in [0.25, 0.3) is 0 Å². The van der Waals surface area contributed by atoms with Crippen molar-refractivity contribution in [2.24, 2.45) is 5.92 Å². The smallest absolute Gasteiger partial charge is 0.261 e. The summed E-state index contributed by atoms with van der Waals surface area (Å²) in [5.74, 6) is 0.419. The molecule has 1 N–H and O–H groups in total. The molecule has 1 aliphatic heterocycles. The van der Waals surface area contributed by atoms with Gasteiger partial charge in [0.25, 0.3) is 5.91 Å². The molecule has 0 unspecified atom stereocenters. The van der Waals surface area contributed by atoms with E-state index in [1.165, 1.54) is 12.1 Å². The van der Waals surface area contributed by atoms with Crippen LogP contribution in [0.5, 0.6) is 5.75 Å². The molecule has 0 spiro atoms. The Bertz CT molecular complexity index is 1010. The van der Waals surface area contributed by atoms with E-state index in [1.54, 1.807) is 12.1 Å². The number of fused-ring (bicyclic) bond motifs is 1. The first-order valence-corrected chi connectivity index (χ1v) is 12.5. The molecule has 1 aliphatic carbocycles. The van der Waals surface area contributed by atoms with Gasteiger partial charge in [0.1, 0.15) is 11.6 Å². The Morgan fingerprint density at radius 2 is 1.82 bits per heavy atom. The van der Waals surface area contributed by atoms with Crippen molar-refractivity contribution < 1.29 is 18.7 Å². The number of amides is 2. The van der Waals surface area contributed by atoms with E-state index in [4.69, 9.17) is 4.74 Å². The van der Waals surface area contributed by atoms with Crippen molar-refractivity contribution in [1.29, 1.82) is 0 Å². The van der Waals surface area contributed by atoms with Crippen molar-refractivity contribution in [3.8, 4) is 5.75 Å². The van der Waals surface area contributed by atoms with E-state index < -0.39 is 6.10 Å². The first kappa shape index (κ1) is 24.2. The van der Waals surface area contributed by atoms with Gasteiger partial charge in [0.05, 0.1) is 6.04 Å². The molecule has 2 aliphatic rings. The van der Waals surface area contributed by atoms with Crippen LogP contribution in [0.1, 0.15) is 75.6 Å². The van der Waals surface area contributed by atoms with Crippen LogP contribution in [0.3, 0.4) is 0 Å². The molecule has 34 heavy (non-hydrogen) atoms. The number of hydrogen-bond acceptors (Lipinski definition) is 3. The molecule has 0 bridgehead atoms. The molecule has 2 aromatic rings. The molecule has 0 saturated heterocycles. The second kappa shape index (κ2) is 10.6. The van der Waals surface area contributed by atoms with Gasteiger partial charge < -0.3 is 15.0 Å². The minimum absolute atomic E-state index is 0.0340. The largest absolute Gasteiger partial charge is 0.481 e. The lowest BCUT2D eigenvalue weighted by Gasteiger charge is -2.39. The lowest BCUT2D eigenvalue weighted by atomic mass is 9.87. The predicted octanol–water partition coefficient (Wildman–Crippen LogP) is 5.17. The van der Waals surface area contributed by atoms with Crippen LogP contribution in [0.4, 0.5) is 4.39 Å². The Labute approximate surface area is 201 Å². The maximum atomic E-state index is 13.7. The lowest BCUT2D eigenvalue weighted by molar-refractivity contribution is -0.137. The molecule has 182 valence electrons. The first-order chi connectivity index (χ1) is 16.4. The molecule has 1 fully saturated rings. The topological polar surface area (TPSA) is 58.6 Å². The van der Waals surface area contributed by atoms with E-state index >= 15 is 0 Å². The Kier molecular flexibility index (Phi) is 7.54. The quantitative estimate of drug-likeness (QED) is 0.612. The van der Waals surface area contributed by atoms with Gasteiger partial charge in [-0.25, -0.2) is 4.39 Å². The zero-order chi connectivity index (χ0) is 24.2. The molecule has 0 radical (unpaired) electrons. The molecule has 1 saturated carbocycles. The average Bonchev–Trinajstić information content (AvgIpc) is 3.36. The van der Waals surface area contributed by atoms with Crippen LogP contribution < -0.4 is 10.1 Å². The SMILES string of the molecule is CC[C@@H](Oc1ccc2c(c1)[C@@H](c1ccc(F)cc1)N(C(=O)C1CCCC1)CC2)C(=O)NC(C)C. The van der Waals surface area contributed by atoms with Gasteiger partial charge >= 0.3 is 0 Å². The van der Waals surface area contributed by atoms with Crippen molar-refractivity contribution in [1.82, 2.24) is 10.2 Å². The third kappa shape index (κ3) is 5.26. The summed E-state index contributed by atoms with van der Waals surface area (Å²) in [6, 6.07) is 12.1. The number of carbonyl (C=O) groups excluding carboxylic acids is 2. The summed E-state index contributed by atoms with van der Waals surface area (Å²) >= 11 is 0. The molecule has 5 nitrogen and oxygen atoms in total. The minimum Gasteiger partial charge on any atom is -0.481 e. The van der Waals surface area contributed by atoms with Crippen molar-refractivity contribution in [2.75, 3.05) is 6.54 Å². The van der Waals surface area contributed by atoms with Gasteiger partial charge in [-0.15, -0.1) is 0 Å². The van der Waals surface area contributed by atoms with Crippen molar-refractivity contribution in [3.63, 3.8) is 0 Å². The number of halogens is 1. The lowest BCUT2D eigenvalue weighted by Crippen LogP contribution is -2.43. The van der Waals surface area contributed by atoms with Crippen molar-refractivity contribution >= 4 is 11.8 Å². The van der Waals surface area contributed by atoms with Crippen LogP contribution in [-0.2, 0) is 16.0 Å². The number of hydrogen-bond donors (Lipinski definition) is 1. The Morgan fingerprint density at radius 3 is 2.47 bits per heavy atom. The second-order valence-electron chi connectivity index (χ2n) is 9.76. The summed E-state index contributed by atoms with van der Waals surface area (Å²) in [5.41, 5.74) is 3.02. The molecule has 1 heterocycles. The summed E-state index contributed by atoms with van der Waals surface area (Å²) in [6.45, 7) is 6.41. The summed E-state index contributed by atoms with van der Waals surface area (Å²) in [7, 11) is 0. The van der Waals surface area contributed by atoms with Gasteiger partial charge in [0.2, 0.25) is 5.91 Å². The number of nitrogens with zero attached hydrogens (tertiary/aromatic N) is 1. The van der Waals surface area contributed by atoms with Gasteiger partial charge in [-0.1, -0.05) is 38.0 Å². The Hall–Kier alpha value is -2.89. The van der Waals surface area contributed by atoms with E-state index in [0.29, 0.717) is 18.7 Å². The molecule has 2 amide bonds. The number of nitrogens with one attached hydrogen (secondary N) is 1. The zero-order valence-electron chi connectivity index (χ0n) is 20.4. The summed E-state index contributed by atoms with van der Waals surface area (Å²) in [5, 5.41) is 2.92. The highest BCUT2D eigenvalue weighted by molar-refractivity contribution is 5.81. The Balaban J connectivity index is 1.68. The normalized spacial score (nSPS) is 19.1. The highest BCUT2D eigenvalue weighted by Crippen LogP contribution is 2.40. The first-order valence-electron chi connectivity index (χ1n) is 12.5. The molecule has 0 aromatic heterocycles. The fraction of sp³-hybridized carbons (Fsp3) is 0.500. The number of carbonyl (C=O) groups is 2. The van der Waals surface area contributed by atoms with Gasteiger partial charge in [-0.3, -0.25) is 9.59 Å². The molecule has 4 rings (SSSR count). The van der Waals surface area contributed by atoms with E-state index in [2.05, 4.69) is 5.32 Å². The predicted molar refractivity (Wildman–Crippen MR) is 130 cm³/mol. The van der Waals surface area contributed by atoms with E-state index in [-0.39, 0.29) is 35.6 Å². The van der Waals surface area contributed by atoms with Crippen molar-refractivity contribution in [3.05, 3.63) is 65.0 Å². The van der Waals surface area contributed by atoms with Gasteiger partial charge in [0, 0.05) is 18.5 Å². The Morgan fingerprint density at radius 1 is 1.12 bits per heavy atom. The van der Waals surface area contributed by atoms with Gasteiger partial charge in [-0.05, 0) is 80.5 Å². The summed E-state index contributed by atoms with van der Waals surface area (Å²) in [6.07, 6.45) is 4.77. The second-order valence-corrected chi connectivity index (χ2v) is 9.76. The maximum Gasteiger partial charge on any atom is 0.261 e. The highest BCUT2D eigenvalue weighted by atomic mass is 19.1. The third-order valence-corrected chi connectivity index (χ3v) is 6.89. The maximum absolute atomic E-state index is 13.7. The average molecular weight is 467 g/mol. The molecular weight excluding hydrogens is 431 g/mol. The molecule has 6 heteroatoms. The molecular formula is C28H35FN2O3. The summed E-state index contributed by atoms with van der Waals surface area (Å²) in [4.78, 5) is 28.1. The number of ether oxygens (including phenoxy) is 1. The van der Waals surface area contributed by atoms with Crippen LogP contribution in [-0.4, -0.2) is 35.4 Å². The van der Waals surface area contributed by atoms with Gasteiger partial charge in [0.15, 0.2) is 6.10 Å². The number of rotatable bonds is 7. The molecule has 2 atom stereocenters. The molecule has 2 aromatic carbocycles.